The number of aromatic nitrogens is 5. The van der Waals surface area contributed by atoms with Crippen molar-refractivity contribution in [2.75, 3.05) is 19.6 Å². The van der Waals surface area contributed by atoms with Gasteiger partial charge in [0.1, 0.15) is 24.4 Å². The maximum Gasteiger partial charge on any atom is 0.220 e. The lowest BCUT2D eigenvalue weighted by molar-refractivity contribution is 0.124. The molecule has 1 N–H and O–H groups in total. The zero-order valence-electron chi connectivity index (χ0n) is 15.6. The fourth-order valence-electron chi connectivity index (χ4n) is 4.10. The van der Waals surface area contributed by atoms with Gasteiger partial charge in [0.15, 0.2) is 5.82 Å². The van der Waals surface area contributed by atoms with Crippen molar-refractivity contribution in [3.05, 3.63) is 28.7 Å². The van der Waals surface area contributed by atoms with Gasteiger partial charge in [0.2, 0.25) is 5.88 Å². The van der Waals surface area contributed by atoms with Crippen molar-refractivity contribution >= 4 is 0 Å². The molecule has 0 aliphatic carbocycles. The number of likely N-dealkylation sites (tertiary alicyclic amines) is 1. The van der Waals surface area contributed by atoms with Gasteiger partial charge < -0.3 is 14.4 Å². The van der Waals surface area contributed by atoms with Crippen LogP contribution >= 0.6 is 0 Å². The van der Waals surface area contributed by atoms with Crippen LogP contribution in [0.4, 0.5) is 0 Å². The van der Waals surface area contributed by atoms with Crippen LogP contribution < -0.4 is 4.74 Å². The zero-order chi connectivity index (χ0) is 18.3. The SMILES string of the molecule is Cc1nc(C)c2c(n1)O[C@H](CN1CCC(c3nnc(CO)n3C)CC1)C2. The van der Waals surface area contributed by atoms with Gasteiger partial charge in [-0.3, -0.25) is 4.90 Å². The molecule has 2 aliphatic heterocycles. The van der Waals surface area contributed by atoms with Crippen LogP contribution in [-0.4, -0.2) is 60.5 Å². The van der Waals surface area contributed by atoms with E-state index < -0.39 is 0 Å². The number of aryl methyl sites for hydroxylation is 2. The van der Waals surface area contributed by atoms with Gasteiger partial charge in [0.05, 0.1) is 0 Å². The predicted octanol–water partition coefficient (Wildman–Crippen LogP) is 0.897. The van der Waals surface area contributed by atoms with E-state index in [2.05, 4.69) is 25.1 Å². The predicted molar refractivity (Wildman–Crippen MR) is 95.0 cm³/mol. The third-order valence-electron chi connectivity index (χ3n) is 5.55. The quantitative estimate of drug-likeness (QED) is 0.868. The Morgan fingerprint density at radius 3 is 2.62 bits per heavy atom. The van der Waals surface area contributed by atoms with Crippen LogP contribution in [0.25, 0.3) is 0 Å². The molecule has 26 heavy (non-hydrogen) atoms. The molecule has 0 amide bonds. The summed E-state index contributed by atoms with van der Waals surface area (Å²) in [6, 6.07) is 0. The highest BCUT2D eigenvalue weighted by atomic mass is 16.5. The van der Waals surface area contributed by atoms with Crippen LogP contribution in [-0.2, 0) is 20.1 Å². The number of fused-ring (bicyclic) bond motifs is 1. The summed E-state index contributed by atoms with van der Waals surface area (Å²) in [6.07, 6.45) is 3.15. The van der Waals surface area contributed by atoms with Gasteiger partial charge in [0, 0.05) is 37.2 Å². The smallest absolute Gasteiger partial charge is 0.220 e. The van der Waals surface area contributed by atoms with Crippen molar-refractivity contribution in [1.29, 1.82) is 0 Å². The molecule has 2 aromatic heterocycles. The van der Waals surface area contributed by atoms with E-state index in [-0.39, 0.29) is 12.7 Å². The summed E-state index contributed by atoms with van der Waals surface area (Å²) in [5, 5.41) is 17.6. The van der Waals surface area contributed by atoms with Crippen LogP contribution in [0.1, 0.15) is 47.5 Å². The van der Waals surface area contributed by atoms with E-state index in [1.165, 1.54) is 0 Å². The maximum absolute atomic E-state index is 9.29. The minimum atomic E-state index is -0.0658. The van der Waals surface area contributed by atoms with Crippen molar-refractivity contribution in [3.8, 4) is 5.88 Å². The van der Waals surface area contributed by atoms with Crippen molar-refractivity contribution in [2.24, 2.45) is 7.05 Å². The molecule has 140 valence electrons. The van der Waals surface area contributed by atoms with Gasteiger partial charge >= 0.3 is 0 Å². The lowest BCUT2D eigenvalue weighted by Gasteiger charge is -2.32. The van der Waals surface area contributed by atoms with Crippen LogP contribution in [0.3, 0.4) is 0 Å². The number of piperidine rings is 1. The number of nitrogens with zero attached hydrogens (tertiary/aromatic N) is 6. The van der Waals surface area contributed by atoms with Crippen LogP contribution in [0.15, 0.2) is 0 Å². The van der Waals surface area contributed by atoms with E-state index in [1.807, 2.05) is 25.5 Å². The first-order chi connectivity index (χ1) is 12.5. The second-order valence-corrected chi connectivity index (χ2v) is 7.35. The van der Waals surface area contributed by atoms with Gasteiger partial charge in [-0.1, -0.05) is 0 Å². The molecule has 1 atom stereocenters. The van der Waals surface area contributed by atoms with E-state index in [4.69, 9.17) is 4.74 Å². The second-order valence-electron chi connectivity index (χ2n) is 7.35. The first kappa shape index (κ1) is 17.4. The molecular formula is C18H26N6O2. The first-order valence-corrected chi connectivity index (χ1v) is 9.27. The Bertz CT molecular complexity index is 797. The van der Waals surface area contributed by atoms with Gasteiger partial charge in [-0.15, -0.1) is 10.2 Å². The summed E-state index contributed by atoms with van der Waals surface area (Å²) in [7, 11) is 1.93. The summed E-state index contributed by atoms with van der Waals surface area (Å²) in [5.74, 6) is 3.56. The van der Waals surface area contributed by atoms with Gasteiger partial charge in [-0.2, -0.15) is 4.98 Å². The fraction of sp³-hybridized carbons (Fsp3) is 0.667. The monoisotopic (exact) mass is 358 g/mol. The lowest BCUT2D eigenvalue weighted by Crippen LogP contribution is -2.40. The molecule has 1 fully saturated rings. The molecule has 8 nitrogen and oxygen atoms in total. The largest absolute Gasteiger partial charge is 0.472 e. The van der Waals surface area contributed by atoms with Crippen molar-refractivity contribution in [1.82, 2.24) is 29.6 Å². The number of hydrogen-bond donors (Lipinski definition) is 1. The molecule has 1 saturated heterocycles. The van der Waals surface area contributed by atoms with E-state index in [9.17, 15) is 5.11 Å². The number of rotatable bonds is 4. The molecule has 4 rings (SSSR count). The van der Waals surface area contributed by atoms with Gasteiger partial charge in [-0.25, -0.2) is 4.98 Å². The summed E-state index contributed by atoms with van der Waals surface area (Å²) in [4.78, 5) is 11.4. The van der Waals surface area contributed by atoms with E-state index >= 15 is 0 Å². The average Bonchev–Trinajstić information content (AvgIpc) is 3.19. The minimum Gasteiger partial charge on any atom is -0.472 e. The lowest BCUT2D eigenvalue weighted by atomic mass is 9.95. The summed E-state index contributed by atoms with van der Waals surface area (Å²) < 4.78 is 8.00. The molecule has 0 unspecified atom stereocenters. The number of aliphatic hydroxyl groups is 1. The first-order valence-electron chi connectivity index (χ1n) is 9.27. The molecule has 0 saturated carbocycles. The average molecular weight is 358 g/mol. The van der Waals surface area contributed by atoms with Gasteiger partial charge in [-0.05, 0) is 39.8 Å². The molecule has 0 aromatic carbocycles. The Morgan fingerprint density at radius 2 is 1.92 bits per heavy atom. The number of hydrogen-bond acceptors (Lipinski definition) is 7. The topological polar surface area (TPSA) is 89.2 Å². The maximum atomic E-state index is 9.29. The van der Waals surface area contributed by atoms with E-state index in [0.29, 0.717) is 11.7 Å². The second kappa shape index (κ2) is 6.92. The Morgan fingerprint density at radius 1 is 1.15 bits per heavy atom. The third-order valence-corrected chi connectivity index (χ3v) is 5.55. The molecular weight excluding hydrogens is 332 g/mol. The molecule has 2 aliphatic rings. The van der Waals surface area contributed by atoms with Crippen LogP contribution in [0, 0.1) is 13.8 Å². The Hall–Kier alpha value is -2.06. The zero-order valence-corrected chi connectivity index (χ0v) is 15.6. The highest BCUT2D eigenvalue weighted by molar-refractivity contribution is 5.34. The Kier molecular flexibility index (Phi) is 4.62. The Balaban J connectivity index is 1.33. The van der Waals surface area contributed by atoms with Crippen LogP contribution in [0.2, 0.25) is 0 Å². The minimum absolute atomic E-state index is 0.0658. The molecule has 4 heterocycles. The van der Waals surface area contributed by atoms with Crippen molar-refractivity contribution in [3.63, 3.8) is 0 Å². The molecule has 0 bridgehead atoms. The Labute approximate surface area is 153 Å². The molecule has 8 heteroatoms. The summed E-state index contributed by atoms with van der Waals surface area (Å²) >= 11 is 0. The standard InChI is InChI=1S/C18H26N6O2/c1-11-15-8-14(26-18(15)20-12(2)19-11)9-24-6-4-13(5-7-24)17-22-21-16(10-25)23(17)3/h13-14,25H,4-10H2,1-3H3/t14-/m0/s1. The number of aliphatic hydroxyl groups excluding tert-OH is 1. The summed E-state index contributed by atoms with van der Waals surface area (Å²) in [6.45, 7) is 6.83. The molecule has 2 aromatic rings. The normalized spacial score (nSPS) is 21.0. The third kappa shape index (κ3) is 3.19. The van der Waals surface area contributed by atoms with Gasteiger partial charge in [0.25, 0.3) is 0 Å². The highest BCUT2D eigenvalue weighted by Gasteiger charge is 2.31. The van der Waals surface area contributed by atoms with Crippen LogP contribution in [0.5, 0.6) is 5.88 Å². The van der Waals surface area contributed by atoms with E-state index in [1.54, 1.807) is 0 Å². The molecule has 0 spiro atoms. The molecule has 0 radical (unpaired) electrons. The highest BCUT2D eigenvalue weighted by Crippen LogP contribution is 2.31. The van der Waals surface area contributed by atoms with Crippen molar-refractivity contribution in [2.45, 2.75) is 51.7 Å². The number of ether oxygens (including phenoxy) is 1. The fourth-order valence-corrected chi connectivity index (χ4v) is 4.10. The van der Waals surface area contributed by atoms with E-state index in [0.717, 1.165) is 67.7 Å². The summed E-state index contributed by atoms with van der Waals surface area (Å²) in [5.41, 5.74) is 2.20. The van der Waals surface area contributed by atoms with Crippen molar-refractivity contribution < 1.29 is 9.84 Å².